The van der Waals surface area contributed by atoms with E-state index in [4.69, 9.17) is 23.3 Å². The van der Waals surface area contributed by atoms with Crippen LogP contribution in [-0.4, -0.2) is 43.5 Å². The molecular formula is C8H22N4O4S4. The van der Waals surface area contributed by atoms with Gasteiger partial charge in [0.1, 0.15) is 0 Å². The molecule has 2 unspecified atom stereocenters. The summed E-state index contributed by atoms with van der Waals surface area (Å²) in [5.74, 6) is 11.6. The van der Waals surface area contributed by atoms with Crippen molar-refractivity contribution in [2.75, 3.05) is 23.0 Å². The number of hydrogen-bond donors (Lipinski definition) is 4. The lowest BCUT2D eigenvalue weighted by atomic mass is 10.3. The van der Waals surface area contributed by atoms with E-state index in [0.717, 1.165) is 11.5 Å². The fourth-order valence-electron chi connectivity index (χ4n) is 1.03. The maximum atomic E-state index is 10.9. The summed E-state index contributed by atoms with van der Waals surface area (Å²) in [6, 6.07) is -0.137. The maximum absolute atomic E-state index is 10.9. The second-order valence-corrected chi connectivity index (χ2v) is 8.84. The molecule has 0 spiro atoms. The van der Waals surface area contributed by atoms with Gasteiger partial charge < -0.3 is 11.5 Å². The highest BCUT2D eigenvalue weighted by molar-refractivity contribution is 8.76. The summed E-state index contributed by atoms with van der Waals surface area (Å²) in [6.45, 7) is 0. The zero-order valence-electron chi connectivity index (χ0n) is 11.0. The topological polar surface area (TPSA) is 157 Å². The van der Waals surface area contributed by atoms with E-state index in [0.29, 0.717) is 24.3 Å². The van der Waals surface area contributed by atoms with Gasteiger partial charge in [0.25, 0.3) is 0 Å². The molecule has 122 valence electrons. The second kappa shape index (κ2) is 13.4. The lowest BCUT2D eigenvalue weighted by Crippen LogP contribution is -2.27. The van der Waals surface area contributed by atoms with E-state index in [9.17, 15) is 8.42 Å². The van der Waals surface area contributed by atoms with Crippen molar-refractivity contribution in [2.24, 2.45) is 23.3 Å². The fourth-order valence-corrected chi connectivity index (χ4v) is 4.71. The first-order chi connectivity index (χ1) is 9.49. The van der Waals surface area contributed by atoms with Gasteiger partial charge in [0.15, 0.2) is 22.2 Å². The average molecular weight is 367 g/mol. The summed E-state index contributed by atoms with van der Waals surface area (Å²) < 4.78 is 30.2. The van der Waals surface area contributed by atoms with Gasteiger partial charge in [0.05, 0.1) is 11.5 Å². The molecule has 0 rings (SSSR count). The molecule has 0 aromatic rings. The minimum Gasteiger partial charge on any atom is -0.327 e. The van der Waals surface area contributed by atoms with Gasteiger partial charge in [-0.05, 0) is 12.8 Å². The average Bonchev–Trinajstić information content (AvgIpc) is 2.46. The standard InChI is InChI=1S/C8H22N4O4S4/c9-7(1-3-19(13)15-11)5-17-18-6-8(10)2-4-20(14)16-12/h7-8H,1-6,9-12H2/t7-,8-,19?,20?/m1/s1. The van der Waals surface area contributed by atoms with E-state index >= 15 is 0 Å². The van der Waals surface area contributed by atoms with Crippen LogP contribution in [0.25, 0.3) is 0 Å². The molecule has 0 aliphatic heterocycles. The second-order valence-electron chi connectivity index (χ2n) is 3.87. The Morgan fingerprint density at radius 3 is 1.50 bits per heavy atom. The van der Waals surface area contributed by atoms with Gasteiger partial charge in [-0.3, -0.25) is 0 Å². The molecule has 4 atom stereocenters. The summed E-state index contributed by atoms with van der Waals surface area (Å²) in [7, 11) is 3.20. The van der Waals surface area contributed by atoms with Crippen LogP contribution in [0.15, 0.2) is 0 Å². The molecule has 8 N–H and O–H groups in total. The van der Waals surface area contributed by atoms with Crippen LogP contribution in [0.4, 0.5) is 0 Å². The SMILES string of the molecule is NOS(=O)CC[C@@H](N)CSSC[C@H](N)CCS(=O)ON. The normalized spacial score (nSPS) is 17.6. The van der Waals surface area contributed by atoms with E-state index in [2.05, 4.69) is 8.57 Å². The highest BCUT2D eigenvalue weighted by Gasteiger charge is 2.09. The van der Waals surface area contributed by atoms with Gasteiger partial charge in [0, 0.05) is 23.6 Å². The van der Waals surface area contributed by atoms with Crippen LogP contribution in [0.2, 0.25) is 0 Å². The molecule has 20 heavy (non-hydrogen) atoms. The summed E-state index contributed by atoms with van der Waals surface area (Å²) >= 11 is -2.92. The van der Waals surface area contributed by atoms with Crippen molar-refractivity contribution in [2.45, 2.75) is 24.9 Å². The molecule has 0 saturated carbocycles. The van der Waals surface area contributed by atoms with Crippen LogP contribution >= 0.6 is 21.6 Å². The van der Waals surface area contributed by atoms with Gasteiger partial charge in [-0.25, -0.2) is 17.0 Å². The Bertz CT molecular complexity index is 272. The van der Waals surface area contributed by atoms with E-state index in [1.54, 1.807) is 21.6 Å². The summed E-state index contributed by atoms with van der Waals surface area (Å²) in [5, 5.41) is 0. The quantitative estimate of drug-likeness (QED) is 0.179. The van der Waals surface area contributed by atoms with Crippen LogP contribution in [-0.2, 0) is 30.7 Å². The van der Waals surface area contributed by atoms with E-state index in [1.807, 2.05) is 0 Å². The molecule has 0 bridgehead atoms. The molecule has 0 fully saturated rings. The zero-order valence-corrected chi connectivity index (χ0v) is 14.2. The van der Waals surface area contributed by atoms with Crippen LogP contribution in [0, 0.1) is 0 Å². The van der Waals surface area contributed by atoms with Crippen molar-refractivity contribution in [1.82, 2.24) is 0 Å². The van der Waals surface area contributed by atoms with E-state index < -0.39 is 22.2 Å². The minimum absolute atomic E-state index is 0.0685. The van der Waals surface area contributed by atoms with Crippen LogP contribution in [0.1, 0.15) is 12.8 Å². The van der Waals surface area contributed by atoms with Crippen LogP contribution in [0.3, 0.4) is 0 Å². The first-order valence-electron chi connectivity index (χ1n) is 5.76. The highest BCUT2D eigenvalue weighted by Crippen LogP contribution is 2.23. The first-order valence-corrected chi connectivity index (χ1v) is 10.7. The lowest BCUT2D eigenvalue weighted by Gasteiger charge is -2.12. The van der Waals surface area contributed by atoms with E-state index in [-0.39, 0.29) is 12.1 Å². The van der Waals surface area contributed by atoms with Crippen molar-refractivity contribution < 1.29 is 17.0 Å². The summed E-state index contributed by atoms with van der Waals surface area (Å²) in [5.41, 5.74) is 11.7. The largest absolute Gasteiger partial charge is 0.327 e. The third kappa shape index (κ3) is 12.5. The Labute approximate surface area is 132 Å². The van der Waals surface area contributed by atoms with Crippen LogP contribution < -0.4 is 23.3 Å². The van der Waals surface area contributed by atoms with E-state index in [1.165, 1.54) is 0 Å². The molecular weight excluding hydrogens is 344 g/mol. The van der Waals surface area contributed by atoms with Crippen molar-refractivity contribution in [1.29, 1.82) is 0 Å². The third-order valence-corrected chi connectivity index (χ3v) is 6.35. The molecule has 0 aromatic heterocycles. The zero-order chi connectivity index (χ0) is 15.4. The Balaban J connectivity index is 3.50. The smallest absolute Gasteiger partial charge is 0.172 e. The summed E-state index contributed by atoms with van der Waals surface area (Å²) in [4.78, 5) is 0. The lowest BCUT2D eigenvalue weighted by molar-refractivity contribution is 0.365. The van der Waals surface area contributed by atoms with Gasteiger partial charge in [-0.1, -0.05) is 21.6 Å². The Kier molecular flexibility index (Phi) is 13.9. The Morgan fingerprint density at radius 2 is 1.20 bits per heavy atom. The van der Waals surface area contributed by atoms with Crippen LogP contribution in [0.5, 0.6) is 0 Å². The third-order valence-electron chi connectivity index (χ3n) is 2.17. The molecule has 12 heteroatoms. The Morgan fingerprint density at radius 1 is 0.850 bits per heavy atom. The predicted molar refractivity (Wildman–Crippen MR) is 86.7 cm³/mol. The maximum Gasteiger partial charge on any atom is 0.172 e. The van der Waals surface area contributed by atoms with Crippen molar-refractivity contribution >= 4 is 43.7 Å². The molecule has 8 nitrogen and oxygen atoms in total. The van der Waals surface area contributed by atoms with Crippen molar-refractivity contribution in [3.05, 3.63) is 0 Å². The molecule has 0 amide bonds. The molecule has 0 aromatic carbocycles. The predicted octanol–water partition coefficient (Wildman–Crippen LogP) is -1.09. The van der Waals surface area contributed by atoms with Gasteiger partial charge in [0.2, 0.25) is 0 Å². The van der Waals surface area contributed by atoms with Crippen molar-refractivity contribution in [3.63, 3.8) is 0 Å². The number of rotatable bonds is 13. The molecule has 0 aliphatic rings. The molecule has 0 saturated heterocycles. The highest BCUT2D eigenvalue weighted by atomic mass is 33.1. The number of nitrogens with two attached hydrogens (primary N) is 4. The van der Waals surface area contributed by atoms with Gasteiger partial charge in [-0.2, -0.15) is 11.8 Å². The monoisotopic (exact) mass is 366 g/mol. The molecule has 0 aliphatic carbocycles. The number of hydrogen-bond acceptors (Lipinski definition) is 10. The van der Waals surface area contributed by atoms with Gasteiger partial charge >= 0.3 is 0 Å². The molecule has 0 heterocycles. The summed E-state index contributed by atoms with van der Waals surface area (Å²) in [6.07, 6.45) is 1.16. The fraction of sp³-hybridized carbons (Fsp3) is 1.00. The first kappa shape index (κ1) is 20.8. The van der Waals surface area contributed by atoms with Crippen molar-refractivity contribution in [3.8, 4) is 0 Å². The van der Waals surface area contributed by atoms with Gasteiger partial charge in [-0.15, -0.1) is 0 Å². The Hall–Kier alpha value is 0.760. The minimum atomic E-state index is -1.46. The molecule has 0 radical (unpaired) electrons.